The Labute approximate surface area is 151 Å². The zero-order chi connectivity index (χ0) is 18.4. The third kappa shape index (κ3) is 5.40. The van der Waals surface area contributed by atoms with E-state index in [4.69, 9.17) is 4.74 Å². The molecule has 0 bridgehead atoms. The van der Waals surface area contributed by atoms with Gasteiger partial charge in [0.15, 0.2) is 5.78 Å². The summed E-state index contributed by atoms with van der Waals surface area (Å²) in [5.74, 6) is 0.0382. The van der Waals surface area contributed by atoms with Crippen LogP contribution in [0.1, 0.15) is 52.5 Å². The Morgan fingerprint density at radius 1 is 1.24 bits per heavy atom. The molecule has 1 amide bonds. The number of carbonyl (C=O) groups excluding carboxylic acids is 2. The van der Waals surface area contributed by atoms with Crippen molar-refractivity contribution < 1.29 is 14.3 Å². The number of hydrogen-bond donors (Lipinski definition) is 1. The molecule has 0 saturated carbocycles. The molecule has 1 aromatic carbocycles. The Hall–Kier alpha value is -1.68. The van der Waals surface area contributed by atoms with Crippen molar-refractivity contribution in [2.24, 2.45) is 11.8 Å². The topological polar surface area (TPSA) is 58.7 Å². The Morgan fingerprint density at radius 2 is 1.88 bits per heavy atom. The molecule has 1 aliphatic rings. The van der Waals surface area contributed by atoms with E-state index in [-0.39, 0.29) is 23.5 Å². The van der Waals surface area contributed by atoms with Crippen molar-refractivity contribution in [3.63, 3.8) is 0 Å². The molecule has 1 fully saturated rings. The molecule has 1 aromatic rings. The van der Waals surface area contributed by atoms with Gasteiger partial charge in [-0.05, 0) is 31.2 Å². The zero-order valence-corrected chi connectivity index (χ0v) is 15.9. The summed E-state index contributed by atoms with van der Waals surface area (Å²) >= 11 is 0. The second-order valence-electron chi connectivity index (χ2n) is 7.63. The average Bonchev–Trinajstić information content (AvgIpc) is 3.35. The van der Waals surface area contributed by atoms with E-state index in [1.807, 2.05) is 37.3 Å². The van der Waals surface area contributed by atoms with E-state index >= 15 is 0 Å². The highest BCUT2D eigenvalue weighted by atomic mass is 16.6. The van der Waals surface area contributed by atoms with Crippen LogP contribution < -0.4 is 5.32 Å². The molecule has 3 atom stereocenters. The van der Waals surface area contributed by atoms with Crippen LogP contribution in [0.25, 0.3) is 0 Å². The summed E-state index contributed by atoms with van der Waals surface area (Å²) in [4.78, 5) is 25.6. The number of Topliss-reactive ketones (excluding diaryl/α,β-unsaturated/α-hetero) is 1. The maximum atomic E-state index is 12.9. The molecular formula is C21H31NO3. The lowest BCUT2D eigenvalue weighted by Gasteiger charge is -2.25. The van der Waals surface area contributed by atoms with Gasteiger partial charge in [-0.3, -0.25) is 9.59 Å². The molecular weight excluding hydrogens is 314 g/mol. The lowest BCUT2D eigenvalue weighted by molar-refractivity contribution is -0.133. The number of rotatable bonds is 10. The van der Waals surface area contributed by atoms with E-state index in [2.05, 4.69) is 26.1 Å². The normalized spacial score (nSPS) is 21.6. The van der Waals surface area contributed by atoms with Gasteiger partial charge in [-0.1, -0.05) is 63.9 Å². The van der Waals surface area contributed by atoms with Crippen LogP contribution in [0.5, 0.6) is 0 Å². The summed E-state index contributed by atoms with van der Waals surface area (Å²) < 4.78 is 5.30. The van der Waals surface area contributed by atoms with Crippen LogP contribution in [0, 0.1) is 11.8 Å². The molecule has 138 valence electrons. The zero-order valence-electron chi connectivity index (χ0n) is 15.9. The lowest BCUT2D eigenvalue weighted by Crippen LogP contribution is -2.49. The highest BCUT2D eigenvalue weighted by Gasteiger charge is 2.50. The smallest absolute Gasteiger partial charge is 0.224 e. The summed E-state index contributed by atoms with van der Waals surface area (Å²) in [6.07, 6.45) is 3.27. The minimum Gasteiger partial charge on any atom is -0.361 e. The summed E-state index contributed by atoms with van der Waals surface area (Å²) in [5.41, 5.74) is 0.448. The van der Waals surface area contributed by atoms with Crippen LogP contribution in [-0.2, 0) is 20.7 Å². The Balaban J connectivity index is 2.06. The molecule has 0 aliphatic carbocycles. The van der Waals surface area contributed by atoms with Crippen LogP contribution in [0.15, 0.2) is 30.3 Å². The van der Waals surface area contributed by atoms with E-state index in [9.17, 15) is 9.59 Å². The van der Waals surface area contributed by atoms with E-state index in [0.29, 0.717) is 19.4 Å². The summed E-state index contributed by atoms with van der Waals surface area (Å²) in [6.45, 7) is 8.47. The summed E-state index contributed by atoms with van der Waals surface area (Å²) in [6, 6.07) is 9.59. The fraction of sp³-hybridized carbons (Fsp3) is 0.619. The third-order valence-electron chi connectivity index (χ3n) is 5.02. The van der Waals surface area contributed by atoms with Crippen molar-refractivity contribution in [2.75, 3.05) is 6.61 Å². The van der Waals surface area contributed by atoms with Crippen molar-refractivity contribution in [1.29, 1.82) is 0 Å². The molecule has 1 heterocycles. The Bertz CT molecular complexity index is 578. The number of hydrogen-bond acceptors (Lipinski definition) is 3. The molecule has 1 saturated heterocycles. The lowest BCUT2D eigenvalue weighted by atomic mass is 9.87. The number of carbonyl (C=O) groups is 2. The molecule has 2 rings (SSSR count). The second-order valence-corrected chi connectivity index (χ2v) is 7.63. The minimum absolute atomic E-state index is 0.0107. The molecule has 4 heteroatoms. The first-order chi connectivity index (χ1) is 11.9. The minimum atomic E-state index is -0.696. The van der Waals surface area contributed by atoms with Gasteiger partial charge in [0.1, 0.15) is 5.60 Å². The van der Waals surface area contributed by atoms with Gasteiger partial charge in [-0.15, -0.1) is 0 Å². The maximum absolute atomic E-state index is 12.9. The molecule has 0 aromatic heterocycles. The number of ketones is 1. The summed E-state index contributed by atoms with van der Waals surface area (Å²) in [5, 5.41) is 3.03. The fourth-order valence-corrected chi connectivity index (χ4v) is 3.07. The average molecular weight is 345 g/mol. The monoisotopic (exact) mass is 345 g/mol. The van der Waals surface area contributed by atoms with Gasteiger partial charge in [0, 0.05) is 5.92 Å². The molecule has 1 aliphatic heterocycles. The predicted octanol–water partition coefficient (Wildman–Crippen LogP) is 3.53. The molecule has 4 nitrogen and oxygen atoms in total. The van der Waals surface area contributed by atoms with Crippen molar-refractivity contribution in [1.82, 2.24) is 5.32 Å². The second kappa shape index (κ2) is 8.61. The van der Waals surface area contributed by atoms with Gasteiger partial charge < -0.3 is 10.1 Å². The number of epoxide rings is 1. The first-order valence-electron chi connectivity index (χ1n) is 9.40. The van der Waals surface area contributed by atoms with E-state index < -0.39 is 11.6 Å². The molecule has 3 unspecified atom stereocenters. The van der Waals surface area contributed by atoms with Crippen LogP contribution in [0.2, 0.25) is 0 Å². The van der Waals surface area contributed by atoms with Gasteiger partial charge in [0.25, 0.3) is 0 Å². The van der Waals surface area contributed by atoms with Gasteiger partial charge in [-0.2, -0.15) is 0 Å². The van der Waals surface area contributed by atoms with Crippen LogP contribution in [0.4, 0.5) is 0 Å². The molecule has 0 spiro atoms. The van der Waals surface area contributed by atoms with E-state index in [0.717, 1.165) is 18.4 Å². The molecule has 0 radical (unpaired) electrons. The highest BCUT2D eigenvalue weighted by Crippen LogP contribution is 2.29. The van der Waals surface area contributed by atoms with Gasteiger partial charge in [0.2, 0.25) is 5.91 Å². The van der Waals surface area contributed by atoms with Gasteiger partial charge in [-0.25, -0.2) is 0 Å². The SMILES string of the molecule is CCCCC(NC(=O)C(Cc1ccccc1)C(C)C)C(=O)C1(C)CO1. The van der Waals surface area contributed by atoms with Gasteiger partial charge in [0.05, 0.1) is 12.6 Å². The molecule has 1 N–H and O–H groups in total. The number of nitrogens with one attached hydrogen (secondary N) is 1. The number of benzene rings is 1. The first kappa shape index (κ1) is 19.6. The van der Waals surface area contributed by atoms with E-state index in [1.54, 1.807) is 0 Å². The van der Waals surface area contributed by atoms with Crippen molar-refractivity contribution in [2.45, 2.75) is 65.0 Å². The number of unbranched alkanes of at least 4 members (excludes halogenated alkanes) is 1. The molecule has 25 heavy (non-hydrogen) atoms. The number of amides is 1. The van der Waals surface area contributed by atoms with Gasteiger partial charge >= 0.3 is 0 Å². The van der Waals surface area contributed by atoms with E-state index in [1.165, 1.54) is 0 Å². The highest BCUT2D eigenvalue weighted by molar-refractivity contribution is 5.96. The van der Waals surface area contributed by atoms with Crippen LogP contribution in [-0.4, -0.2) is 29.9 Å². The standard InChI is InChI=1S/C21H31NO3/c1-5-6-12-18(19(23)21(4)14-25-21)22-20(24)17(15(2)3)13-16-10-8-7-9-11-16/h7-11,15,17-18H,5-6,12-14H2,1-4H3,(H,22,24). The maximum Gasteiger partial charge on any atom is 0.224 e. The number of ether oxygens (including phenoxy) is 1. The third-order valence-corrected chi connectivity index (χ3v) is 5.02. The quantitative estimate of drug-likeness (QED) is 0.660. The Kier molecular flexibility index (Phi) is 6.77. The summed E-state index contributed by atoms with van der Waals surface area (Å²) in [7, 11) is 0. The largest absolute Gasteiger partial charge is 0.361 e. The first-order valence-corrected chi connectivity index (χ1v) is 9.40. The van der Waals surface area contributed by atoms with Crippen LogP contribution >= 0.6 is 0 Å². The van der Waals surface area contributed by atoms with Crippen molar-refractivity contribution >= 4 is 11.7 Å². The van der Waals surface area contributed by atoms with Crippen LogP contribution in [0.3, 0.4) is 0 Å². The fourth-order valence-electron chi connectivity index (χ4n) is 3.07. The predicted molar refractivity (Wildman–Crippen MR) is 99.3 cm³/mol. The van der Waals surface area contributed by atoms with Crippen molar-refractivity contribution in [3.05, 3.63) is 35.9 Å². The van der Waals surface area contributed by atoms with Crippen molar-refractivity contribution in [3.8, 4) is 0 Å². The Morgan fingerprint density at radius 3 is 2.40 bits per heavy atom.